The molecule has 0 saturated carbocycles. The van der Waals surface area contributed by atoms with E-state index in [0.717, 1.165) is 18.4 Å². The van der Waals surface area contributed by atoms with E-state index in [9.17, 15) is 15.0 Å². The van der Waals surface area contributed by atoms with Crippen LogP contribution in [0.25, 0.3) is 0 Å². The molecule has 3 rings (SSSR count). The van der Waals surface area contributed by atoms with Crippen molar-refractivity contribution in [2.24, 2.45) is 0 Å². The van der Waals surface area contributed by atoms with Crippen molar-refractivity contribution >= 4 is 5.91 Å². The minimum Gasteiger partial charge on any atom is -0.394 e. The Morgan fingerprint density at radius 3 is 2.04 bits per heavy atom. The molecule has 1 aliphatic rings. The second kappa shape index (κ2) is 8.94. The van der Waals surface area contributed by atoms with Crippen LogP contribution in [0, 0.1) is 0 Å². The Labute approximate surface area is 154 Å². The molecule has 1 fully saturated rings. The molecule has 1 saturated heterocycles. The topological polar surface area (TPSA) is 72.8 Å². The van der Waals surface area contributed by atoms with Crippen LogP contribution in [0.15, 0.2) is 60.7 Å². The lowest BCUT2D eigenvalue weighted by atomic mass is 9.98. The summed E-state index contributed by atoms with van der Waals surface area (Å²) in [6.45, 7) is 1.27. The van der Waals surface area contributed by atoms with Gasteiger partial charge in [0, 0.05) is 13.1 Å². The molecule has 0 bridgehead atoms. The third-order valence-electron chi connectivity index (χ3n) is 4.91. The SMILES string of the molecule is O=C([C@@H](N[C@H](CO)c1ccccc1)[C@H](O)c1ccccc1)N1CCCC1. The highest BCUT2D eigenvalue weighted by Gasteiger charge is 2.34. The molecule has 3 N–H and O–H groups in total. The van der Waals surface area contributed by atoms with Crippen molar-refractivity contribution in [2.75, 3.05) is 19.7 Å². The van der Waals surface area contributed by atoms with Crippen LogP contribution in [0.5, 0.6) is 0 Å². The lowest BCUT2D eigenvalue weighted by Crippen LogP contribution is -2.50. The summed E-state index contributed by atoms with van der Waals surface area (Å²) in [7, 11) is 0. The van der Waals surface area contributed by atoms with Crippen molar-refractivity contribution in [2.45, 2.75) is 31.0 Å². The first-order valence-electron chi connectivity index (χ1n) is 9.14. The van der Waals surface area contributed by atoms with E-state index in [0.29, 0.717) is 18.7 Å². The largest absolute Gasteiger partial charge is 0.394 e. The first-order chi connectivity index (χ1) is 12.7. The van der Waals surface area contributed by atoms with Gasteiger partial charge in [-0.1, -0.05) is 60.7 Å². The number of likely N-dealkylation sites (tertiary alicyclic amines) is 1. The van der Waals surface area contributed by atoms with Crippen LogP contribution >= 0.6 is 0 Å². The fourth-order valence-corrected chi connectivity index (χ4v) is 3.43. The van der Waals surface area contributed by atoms with Crippen LogP contribution in [0.4, 0.5) is 0 Å². The molecule has 0 spiro atoms. The smallest absolute Gasteiger partial charge is 0.242 e. The summed E-state index contributed by atoms with van der Waals surface area (Å²) in [5, 5.41) is 24.0. The number of nitrogens with one attached hydrogen (secondary N) is 1. The maximum absolute atomic E-state index is 13.1. The third-order valence-corrected chi connectivity index (χ3v) is 4.91. The van der Waals surface area contributed by atoms with E-state index in [1.807, 2.05) is 60.7 Å². The van der Waals surface area contributed by atoms with Crippen molar-refractivity contribution in [1.82, 2.24) is 10.2 Å². The molecule has 2 aromatic carbocycles. The number of nitrogens with zero attached hydrogens (tertiary/aromatic N) is 1. The van der Waals surface area contributed by atoms with E-state index in [2.05, 4.69) is 5.32 Å². The second-order valence-electron chi connectivity index (χ2n) is 6.68. The Hall–Kier alpha value is -2.21. The minimum atomic E-state index is -0.984. The highest BCUT2D eigenvalue weighted by molar-refractivity contribution is 5.83. The zero-order valence-electron chi connectivity index (χ0n) is 14.8. The molecule has 2 aromatic rings. The van der Waals surface area contributed by atoms with Crippen molar-refractivity contribution in [3.05, 3.63) is 71.8 Å². The quantitative estimate of drug-likeness (QED) is 0.711. The maximum atomic E-state index is 13.1. The van der Waals surface area contributed by atoms with Crippen molar-refractivity contribution in [3.63, 3.8) is 0 Å². The molecule has 0 radical (unpaired) electrons. The summed E-state index contributed by atoms with van der Waals surface area (Å²) in [4.78, 5) is 14.9. The van der Waals surface area contributed by atoms with Gasteiger partial charge in [-0.25, -0.2) is 0 Å². The molecule has 5 heteroatoms. The van der Waals surface area contributed by atoms with Gasteiger partial charge in [-0.3, -0.25) is 10.1 Å². The summed E-state index contributed by atoms with van der Waals surface area (Å²) in [6, 6.07) is 17.5. The first-order valence-corrected chi connectivity index (χ1v) is 9.14. The number of amides is 1. The summed E-state index contributed by atoms with van der Waals surface area (Å²) >= 11 is 0. The van der Waals surface area contributed by atoms with Crippen LogP contribution in [-0.4, -0.2) is 46.8 Å². The van der Waals surface area contributed by atoms with E-state index < -0.39 is 18.2 Å². The summed E-state index contributed by atoms with van der Waals surface area (Å²) in [5.41, 5.74) is 1.57. The molecular formula is C21H26N2O3. The van der Waals surface area contributed by atoms with Crippen molar-refractivity contribution in [1.29, 1.82) is 0 Å². The molecular weight excluding hydrogens is 328 g/mol. The average Bonchev–Trinajstić information content (AvgIpc) is 3.24. The second-order valence-corrected chi connectivity index (χ2v) is 6.68. The summed E-state index contributed by atoms with van der Waals surface area (Å²) in [5.74, 6) is -0.117. The van der Waals surface area contributed by atoms with Crippen LogP contribution in [0.3, 0.4) is 0 Å². The Kier molecular flexibility index (Phi) is 6.39. The van der Waals surface area contributed by atoms with Crippen LogP contribution in [0.2, 0.25) is 0 Å². The van der Waals surface area contributed by atoms with Gasteiger partial charge in [0.25, 0.3) is 0 Å². The Bertz CT molecular complexity index is 687. The number of carbonyl (C=O) groups excluding carboxylic acids is 1. The molecule has 1 amide bonds. The predicted octanol–water partition coefficient (Wildman–Crippen LogP) is 2.03. The van der Waals surface area contributed by atoms with Crippen molar-refractivity contribution in [3.8, 4) is 0 Å². The van der Waals surface area contributed by atoms with E-state index in [1.54, 1.807) is 4.90 Å². The van der Waals surface area contributed by atoms with Gasteiger partial charge in [0.15, 0.2) is 0 Å². The van der Waals surface area contributed by atoms with Gasteiger partial charge in [0.05, 0.1) is 12.6 Å². The van der Waals surface area contributed by atoms with Crippen LogP contribution in [0.1, 0.15) is 36.1 Å². The average molecular weight is 354 g/mol. The molecule has 138 valence electrons. The van der Waals surface area contributed by atoms with Gasteiger partial charge in [-0.05, 0) is 24.0 Å². The Balaban J connectivity index is 1.85. The van der Waals surface area contributed by atoms with E-state index in [-0.39, 0.29) is 12.5 Å². The highest BCUT2D eigenvalue weighted by atomic mass is 16.3. The fourth-order valence-electron chi connectivity index (χ4n) is 3.43. The van der Waals surface area contributed by atoms with Crippen LogP contribution in [-0.2, 0) is 4.79 Å². The number of aliphatic hydroxyl groups is 2. The summed E-state index contributed by atoms with van der Waals surface area (Å²) in [6.07, 6.45) is 0.992. The normalized spacial score (nSPS) is 17.7. The number of hydrogen-bond donors (Lipinski definition) is 3. The van der Waals surface area contributed by atoms with Crippen molar-refractivity contribution < 1.29 is 15.0 Å². The van der Waals surface area contributed by atoms with Gasteiger partial charge in [-0.15, -0.1) is 0 Å². The number of rotatable bonds is 7. The molecule has 0 aliphatic carbocycles. The number of benzene rings is 2. The fraction of sp³-hybridized carbons (Fsp3) is 0.381. The Morgan fingerprint density at radius 1 is 0.962 bits per heavy atom. The van der Waals surface area contributed by atoms with Gasteiger partial charge in [0.2, 0.25) is 5.91 Å². The monoisotopic (exact) mass is 354 g/mol. The minimum absolute atomic E-state index is 0.117. The van der Waals surface area contributed by atoms with Gasteiger partial charge < -0.3 is 15.1 Å². The Morgan fingerprint density at radius 2 is 1.50 bits per heavy atom. The zero-order valence-corrected chi connectivity index (χ0v) is 14.8. The number of aliphatic hydroxyl groups excluding tert-OH is 2. The predicted molar refractivity (Wildman–Crippen MR) is 100 cm³/mol. The van der Waals surface area contributed by atoms with E-state index >= 15 is 0 Å². The summed E-state index contributed by atoms with van der Waals surface area (Å²) < 4.78 is 0. The molecule has 1 aliphatic heterocycles. The lowest BCUT2D eigenvalue weighted by Gasteiger charge is -2.31. The third kappa shape index (κ3) is 4.30. The number of carbonyl (C=O) groups is 1. The molecule has 26 heavy (non-hydrogen) atoms. The zero-order chi connectivity index (χ0) is 18.4. The van der Waals surface area contributed by atoms with Crippen LogP contribution < -0.4 is 5.32 Å². The van der Waals surface area contributed by atoms with E-state index in [4.69, 9.17) is 0 Å². The highest BCUT2D eigenvalue weighted by Crippen LogP contribution is 2.23. The molecule has 0 unspecified atom stereocenters. The standard InChI is InChI=1S/C21H26N2O3/c24-15-18(16-9-3-1-4-10-16)22-19(21(26)23-13-7-8-14-23)20(25)17-11-5-2-6-12-17/h1-6,9-12,18-20,22,24-25H,7-8,13-15H2/t18-,19+,20-/m1/s1. The van der Waals surface area contributed by atoms with Gasteiger partial charge in [-0.2, -0.15) is 0 Å². The number of hydrogen-bond acceptors (Lipinski definition) is 4. The molecule has 0 aromatic heterocycles. The van der Waals surface area contributed by atoms with Gasteiger partial charge in [0.1, 0.15) is 12.1 Å². The molecule has 1 heterocycles. The first kappa shape index (κ1) is 18.6. The van der Waals surface area contributed by atoms with Gasteiger partial charge >= 0.3 is 0 Å². The molecule has 5 nitrogen and oxygen atoms in total. The maximum Gasteiger partial charge on any atom is 0.242 e. The lowest BCUT2D eigenvalue weighted by molar-refractivity contribution is -0.135. The molecule has 3 atom stereocenters. The van der Waals surface area contributed by atoms with E-state index in [1.165, 1.54) is 0 Å².